The molecular weight excluding hydrogens is 262 g/mol. The van der Waals surface area contributed by atoms with Crippen LogP contribution < -0.4 is 10.1 Å². The van der Waals surface area contributed by atoms with Gasteiger partial charge in [0.1, 0.15) is 11.9 Å². The molecule has 4 nitrogen and oxygen atoms in total. The van der Waals surface area contributed by atoms with Crippen LogP contribution in [0.2, 0.25) is 0 Å². The number of hydrogen-bond acceptors (Lipinski definition) is 3. The Hall–Kier alpha value is -1.81. The van der Waals surface area contributed by atoms with Crippen LogP contribution in [0.5, 0.6) is 5.75 Å². The van der Waals surface area contributed by atoms with Gasteiger partial charge in [0.15, 0.2) is 0 Å². The topological polar surface area (TPSA) is 39.1 Å². The molecule has 1 N–H and O–H groups in total. The zero-order chi connectivity index (χ0) is 15.0. The first-order valence-electron chi connectivity index (χ1n) is 7.54. The average Bonchev–Trinajstić information content (AvgIpc) is 2.97. The van der Waals surface area contributed by atoms with Gasteiger partial charge in [-0.15, -0.1) is 0 Å². The highest BCUT2D eigenvalue weighted by Crippen LogP contribution is 2.28. The highest BCUT2D eigenvalue weighted by Gasteiger charge is 2.23. The second-order valence-electron chi connectivity index (χ2n) is 5.89. The summed E-state index contributed by atoms with van der Waals surface area (Å²) in [6.45, 7) is 7.24. The molecule has 2 atom stereocenters. The minimum atomic E-state index is 0.224. The smallest absolute Gasteiger partial charge is 0.123 e. The van der Waals surface area contributed by atoms with Gasteiger partial charge in [-0.3, -0.25) is 4.68 Å². The van der Waals surface area contributed by atoms with Crippen molar-refractivity contribution in [1.29, 1.82) is 0 Å². The Balaban J connectivity index is 1.61. The van der Waals surface area contributed by atoms with Gasteiger partial charge in [-0.2, -0.15) is 5.10 Å². The predicted molar refractivity (Wildman–Crippen MR) is 83.7 cm³/mol. The lowest BCUT2D eigenvalue weighted by atomic mass is 10.1. The van der Waals surface area contributed by atoms with Gasteiger partial charge in [0, 0.05) is 37.3 Å². The number of para-hydroxylation sites is 1. The third-order valence-electron chi connectivity index (χ3n) is 4.36. The van der Waals surface area contributed by atoms with Crippen LogP contribution in [0.3, 0.4) is 0 Å². The summed E-state index contributed by atoms with van der Waals surface area (Å²) < 4.78 is 7.92. The Morgan fingerprint density at radius 1 is 1.38 bits per heavy atom. The van der Waals surface area contributed by atoms with Crippen molar-refractivity contribution in [3.8, 4) is 5.75 Å². The Bertz CT molecular complexity index is 622. The summed E-state index contributed by atoms with van der Waals surface area (Å²) in [5, 5.41) is 8.08. The molecule has 3 rings (SSSR count). The minimum absolute atomic E-state index is 0.224. The van der Waals surface area contributed by atoms with Gasteiger partial charge in [0.05, 0.1) is 5.69 Å². The highest BCUT2D eigenvalue weighted by atomic mass is 16.5. The number of aryl methyl sites for hydroxylation is 2. The Morgan fingerprint density at radius 3 is 2.81 bits per heavy atom. The standard InChI is InChI=1S/C17H23N3O/c1-11(17-12(2)19-20(4)13(17)3)18-10-15-9-14-7-5-6-8-16(14)21-15/h5-8,11,15,18H,9-10H2,1-4H3. The van der Waals surface area contributed by atoms with E-state index in [0.29, 0.717) is 0 Å². The van der Waals surface area contributed by atoms with Crippen molar-refractivity contribution in [2.45, 2.75) is 39.3 Å². The minimum Gasteiger partial charge on any atom is -0.488 e. The van der Waals surface area contributed by atoms with Crippen molar-refractivity contribution < 1.29 is 4.74 Å². The summed E-state index contributed by atoms with van der Waals surface area (Å²) >= 11 is 0. The van der Waals surface area contributed by atoms with E-state index in [2.05, 4.69) is 43.3 Å². The highest BCUT2D eigenvalue weighted by molar-refractivity contribution is 5.37. The van der Waals surface area contributed by atoms with Gasteiger partial charge in [-0.25, -0.2) is 0 Å². The van der Waals surface area contributed by atoms with Crippen LogP contribution in [-0.4, -0.2) is 22.4 Å². The van der Waals surface area contributed by atoms with E-state index in [9.17, 15) is 0 Å². The molecule has 0 amide bonds. The number of nitrogens with zero attached hydrogens (tertiary/aromatic N) is 2. The van der Waals surface area contributed by atoms with Crippen molar-refractivity contribution >= 4 is 0 Å². The van der Waals surface area contributed by atoms with Crippen LogP contribution in [0, 0.1) is 13.8 Å². The second-order valence-corrected chi connectivity index (χ2v) is 5.89. The molecule has 1 aromatic carbocycles. The molecule has 0 saturated carbocycles. The molecule has 0 aliphatic carbocycles. The molecule has 1 aromatic heterocycles. The molecule has 2 heterocycles. The molecule has 0 bridgehead atoms. The van der Waals surface area contributed by atoms with E-state index in [4.69, 9.17) is 4.74 Å². The number of fused-ring (bicyclic) bond motifs is 1. The van der Waals surface area contributed by atoms with Crippen LogP contribution in [0.15, 0.2) is 24.3 Å². The van der Waals surface area contributed by atoms with Crippen LogP contribution in [0.1, 0.15) is 35.5 Å². The number of aromatic nitrogens is 2. The number of rotatable bonds is 4. The summed E-state index contributed by atoms with van der Waals surface area (Å²) in [6.07, 6.45) is 1.21. The van der Waals surface area contributed by atoms with Gasteiger partial charge in [-0.05, 0) is 32.4 Å². The number of ether oxygens (including phenoxy) is 1. The molecule has 0 saturated heterocycles. The Labute approximate surface area is 126 Å². The second kappa shape index (κ2) is 5.53. The number of benzene rings is 1. The maximum Gasteiger partial charge on any atom is 0.123 e. The monoisotopic (exact) mass is 285 g/mol. The molecule has 2 aromatic rings. The largest absolute Gasteiger partial charge is 0.488 e. The fourth-order valence-electron chi connectivity index (χ4n) is 3.19. The van der Waals surface area contributed by atoms with E-state index < -0.39 is 0 Å². The first kappa shape index (κ1) is 14.1. The van der Waals surface area contributed by atoms with Crippen LogP contribution in [0.4, 0.5) is 0 Å². The Morgan fingerprint density at radius 2 is 2.14 bits per heavy atom. The molecule has 1 aliphatic heterocycles. The van der Waals surface area contributed by atoms with Gasteiger partial charge in [0.2, 0.25) is 0 Å². The summed E-state index contributed by atoms with van der Waals surface area (Å²) in [6, 6.07) is 8.58. The maximum atomic E-state index is 5.98. The van der Waals surface area contributed by atoms with E-state index in [1.54, 1.807) is 0 Å². The molecule has 0 spiro atoms. The lowest BCUT2D eigenvalue weighted by Crippen LogP contribution is -2.32. The summed E-state index contributed by atoms with van der Waals surface area (Å²) in [5.41, 5.74) is 4.94. The summed E-state index contributed by atoms with van der Waals surface area (Å²) in [7, 11) is 2.00. The lowest BCUT2D eigenvalue weighted by Gasteiger charge is -2.18. The predicted octanol–water partition coefficient (Wildman–Crippen LogP) is 2.69. The fraction of sp³-hybridized carbons (Fsp3) is 0.471. The zero-order valence-electron chi connectivity index (χ0n) is 13.2. The lowest BCUT2D eigenvalue weighted by molar-refractivity contribution is 0.222. The molecule has 2 unspecified atom stereocenters. The van der Waals surface area contributed by atoms with E-state index in [-0.39, 0.29) is 12.1 Å². The summed E-state index contributed by atoms with van der Waals surface area (Å²) in [4.78, 5) is 0. The normalized spacial score (nSPS) is 18.4. The van der Waals surface area contributed by atoms with Gasteiger partial charge >= 0.3 is 0 Å². The van der Waals surface area contributed by atoms with Crippen LogP contribution in [0.25, 0.3) is 0 Å². The quantitative estimate of drug-likeness (QED) is 0.938. The van der Waals surface area contributed by atoms with Crippen molar-refractivity contribution in [2.24, 2.45) is 7.05 Å². The van der Waals surface area contributed by atoms with E-state index in [1.807, 2.05) is 23.9 Å². The molecule has 4 heteroatoms. The third-order valence-corrected chi connectivity index (χ3v) is 4.36. The first-order chi connectivity index (χ1) is 10.1. The SMILES string of the molecule is Cc1nn(C)c(C)c1C(C)NCC1Cc2ccccc2O1. The fourth-order valence-corrected chi connectivity index (χ4v) is 3.19. The average molecular weight is 285 g/mol. The van der Waals surface area contributed by atoms with Crippen molar-refractivity contribution in [3.05, 3.63) is 46.8 Å². The molecule has 0 radical (unpaired) electrons. The van der Waals surface area contributed by atoms with Gasteiger partial charge in [-0.1, -0.05) is 18.2 Å². The molecule has 1 aliphatic rings. The van der Waals surface area contributed by atoms with Crippen LogP contribution >= 0.6 is 0 Å². The molecule has 0 fully saturated rings. The Kier molecular flexibility index (Phi) is 3.72. The molecule has 112 valence electrons. The molecular formula is C17H23N3O. The third kappa shape index (κ3) is 2.68. The molecule has 21 heavy (non-hydrogen) atoms. The van der Waals surface area contributed by atoms with E-state index in [0.717, 1.165) is 24.4 Å². The van der Waals surface area contributed by atoms with Crippen molar-refractivity contribution in [3.63, 3.8) is 0 Å². The zero-order valence-corrected chi connectivity index (χ0v) is 13.2. The van der Waals surface area contributed by atoms with E-state index >= 15 is 0 Å². The number of nitrogens with one attached hydrogen (secondary N) is 1. The number of hydrogen-bond donors (Lipinski definition) is 1. The van der Waals surface area contributed by atoms with Crippen molar-refractivity contribution in [2.75, 3.05) is 6.54 Å². The van der Waals surface area contributed by atoms with Crippen molar-refractivity contribution in [1.82, 2.24) is 15.1 Å². The van der Waals surface area contributed by atoms with Gasteiger partial charge < -0.3 is 10.1 Å². The van der Waals surface area contributed by atoms with E-state index in [1.165, 1.54) is 16.8 Å². The van der Waals surface area contributed by atoms with Crippen LogP contribution in [-0.2, 0) is 13.5 Å². The first-order valence-corrected chi connectivity index (χ1v) is 7.54. The van der Waals surface area contributed by atoms with Gasteiger partial charge in [0.25, 0.3) is 0 Å². The summed E-state index contributed by atoms with van der Waals surface area (Å²) in [5.74, 6) is 1.03. The maximum absolute atomic E-state index is 5.98.